The first kappa shape index (κ1) is 13.8. The van der Waals surface area contributed by atoms with Gasteiger partial charge in [-0.3, -0.25) is 4.68 Å². The van der Waals surface area contributed by atoms with Gasteiger partial charge in [-0.15, -0.1) is 0 Å². The molecule has 0 spiro atoms. The Hall–Kier alpha value is -0.590. The number of hydrogen-bond acceptors (Lipinski definition) is 2. The van der Waals surface area contributed by atoms with Crippen LogP contribution in [0.3, 0.4) is 0 Å². The second-order valence-electron chi connectivity index (χ2n) is 4.04. The smallest absolute Gasteiger partial charge is 0.0748 e. The maximum absolute atomic E-state index is 6.20. The van der Waals surface area contributed by atoms with E-state index in [9.17, 15) is 0 Å². The lowest BCUT2D eigenvalue weighted by Gasteiger charge is -2.19. The molecule has 1 atom stereocenters. The first-order valence-corrected chi connectivity index (χ1v) is 7.25. The van der Waals surface area contributed by atoms with E-state index in [-0.39, 0.29) is 6.04 Å². The molecule has 1 heterocycles. The molecule has 1 N–H and O–H groups in total. The van der Waals surface area contributed by atoms with Gasteiger partial charge in [-0.2, -0.15) is 5.10 Å². The summed E-state index contributed by atoms with van der Waals surface area (Å²) >= 11 is 8.44. The van der Waals surface area contributed by atoms with Gasteiger partial charge in [0.25, 0.3) is 0 Å². The molecule has 0 aliphatic heterocycles. The van der Waals surface area contributed by atoms with Crippen LogP contribution in [0.5, 0.6) is 0 Å². The summed E-state index contributed by atoms with van der Waals surface area (Å²) in [6, 6.07) is 8.31. The lowest BCUT2D eigenvalue weighted by atomic mass is 10.0. The van der Waals surface area contributed by atoms with Gasteiger partial charge in [0.2, 0.25) is 0 Å². The fourth-order valence-corrected chi connectivity index (χ4v) is 2.48. The molecule has 3 nitrogen and oxygen atoms in total. The van der Waals surface area contributed by atoms with Crippen LogP contribution in [-0.4, -0.2) is 16.3 Å². The third-order valence-corrected chi connectivity index (χ3v) is 4.41. The van der Waals surface area contributed by atoms with Crippen LogP contribution < -0.4 is 5.32 Å². The lowest BCUT2D eigenvalue weighted by Crippen LogP contribution is -2.24. The largest absolute Gasteiger partial charge is 0.305 e. The predicted octanol–water partition coefficient (Wildman–Crippen LogP) is 3.38. The highest BCUT2D eigenvalue weighted by Crippen LogP contribution is 2.26. The minimum atomic E-state index is 0.122. The van der Waals surface area contributed by atoms with Crippen LogP contribution in [0.4, 0.5) is 0 Å². The third-order valence-electron chi connectivity index (χ3n) is 2.84. The van der Waals surface area contributed by atoms with Gasteiger partial charge in [-0.25, -0.2) is 0 Å². The number of benzene rings is 1. The average molecular weight is 376 g/mol. The molecule has 0 aliphatic carbocycles. The molecule has 96 valence electrons. The van der Waals surface area contributed by atoms with Crippen LogP contribution in [0.25, 0.3) is 0 Å². The monoisotopic (exact) mass is 375 g/mol. The van der Waals surface area contributed by atoms with E-state index in [1.807, 2.05) is 36.1 Å². The zero-order valence-electron chi connectivity index (χ0n) is 10.3. The van der Waals surface area contributed by atoms with Crippen molar-refractivity contribution < 1.29 is 0 Å². The molecule has 0 aliphatic rings. The Balaban J connectivity index is 2.41. The van der Waals surface area contributed by atoms with Crippen LogP contribution in [0.15, 0.2) is 30.5 Å². The molecule has 1 unspecified atom stereocenters. The maximum Gasteiger partial charge on any atom is 0.0748 e. The third kappa shape index (κ3) is 2.87. The van der Waals surface area contributed by atoms with E-state index in [4.69, 9.17) is 11.6 Å². The van der Waals surface area contributed by atoms with E-state index in [0.29, 0.717) is 0 Å². The number of aryl methyl sites for hydroxylation is 1. The average Bonchev–Trinajstić information content (AvgIpc) is 2.76. The van der Waals surface area contributed by atoms with Crippen LogP contribution >= 0.6 is 34.2 Å². The van der Waals surface area contributed by atoms with E-state index in [1.165, 1.54) is 0 Å². The summed E-state index contributed by atoms with van der Waals surface area (Å²) in [6.07, 6.45) is 1.81. The van der Waals surface area contributed by atoms with Crippen molar-refractivity contribution in [3.63, 3.8) is 0 Å². The molecular weight excluding hydrogens is 361 g/mol. The number of nitrogens with zero attached hydrogens (tertiary/aromatic N) is 2. The van der Waals surface area contributed by atoms with E-state index >= 15 is 0 Å². The van der Waals surface area contributed by atoms with Crippen molar-refractivity contribution in [1.82, 2.24) is 15.1 Å². The number of aromatic nitrogens is 2. The molecule has 2 aromatic rings. The summed E-state index contributed by atoms with van der Waals surface area (Å²) in [7, 11) is 1.95. The van der Waals surface area contributed by atoms with Gasteiger partial charge in [0, 0.05) is 16.8 Å². The zero-order valence-corrected chi connectivity index (χ0v) is 13.2. The summed E-state index contributed by atoms with van der Waals surface area (Å²) in [5.74, 6) is 0. The van der Waals surface area contributed by atoms with E-state index in [0.717, 1.165) is 26.4 Å². The van der Waals surface area contributed by atoms with E-state index < -0.39 is 0 Å². The van der Waals surface area contributed by atoms with Crippen LogP contribution in [-0.2, 0) is 7.05 Å². The fourth-order valence-electron chi connectivity index (χ4n) is 1.96. The predicted molar refractivity (Wildman–Crippen MR) is 82.9 cm³/mol. The van der Waals surface area contributed by atoms with Crippen molar-refractivity contribution in [3.05, 3.63) is 50.3 Å². The van der Waals surface area contributed by atoms with Crippen LogP contribution in [0.1, 0.15) is 24.2 Å². The van der Waals surface area contributed by atoms with Gasteiger partial charge in [-0.1, -0.05) is 24.6 Å². The molecule has 1 aromatic carbocycles. The number of nitrogens with one attached hydrogen (secondary N) is 1. The van der Waals surface area contributed by atoms with Crippen LogP contribution in [0.2, 0.25) is 5.02 Å². The second-order valence-corrected chi connectivity index (χ2v) is 5.61. The number of halogens is 2. The Morgan fingerprint density at radius 3 is 2.78 bits per heavy atom. The Bertz CT molecular complexity index is 539. The summed E-state index contributed by atoms with van der Waals surface area (Å²) in [6.45, 7) is 2.98. The van der Waals surface area contributed by atoms with Crippen molar-refractivity contribution in [1.29, 1.82) is 0 Å². The first-order chi connectivity index (χ1) is 8.63. The molecular formula is C13H15ClIN3. The molecule has 0 saturated carbocycles. The molecule has 2 rings (SSSR count). The maximum atomic E-state index is 6.20. The molecule has 5 heteroatoms. The van der Waals surface area contributed by atoms with Crippen molar-refractivity contribution in [2.24, 2.45) is 7.05 Å². The minimum Gasteiger partial charge on any atom is -0.305 e. The SMILES string of the molecule is CCNC(c1ccc(I)c(Cl)c1)c1ccnn1C. The molecule has 1 aromatic heterocycles. The quantitative estimate of drug-likeness (QED) is 0.830. The Kier molecular flexibility index (Phi) is 4.64. The number of hydrogen-bond donors (Lipinski definition) is 1. The van der Waals surface area contributed by atoms with Gasteiger partial charge in [-0.05, 0) is 52.9 Å². The van der Waals surface area contributed by atoms with Gasteiger partial charge in [0.15, 0.2) is 0 Å². The highest BCUT2D eigenvalue weighted by molar-refractivity contribution is 14.1. The molecule has 0 radical (unpaired) electrons. The minimum absolute atomic E-state index is 0.122. The van der Waals surface area contributed by atoms with Crippen molar-refractivity contribution in [2.45, 2.75) is 13.0 Å². The Morgan fingerprint density at radius 2 is 2.22 bits per heavy atom. The van der Waals surface area contributed by atoms with Crippen LogP contribution in [0, 0.1) is 3.57 Å². The summed E-state index contributed by atoms with van der Waals surface area (Å²) in [4.78, 5) is 0. The van der Waals surface area contributed by atoms with Gasteiger partial charge in [0.1, 0.15) is 0 Å². The normalized spacial score (nSPS) is 12.7. The summed E-state index contributed by atoms with van der Waals surface area (Å²) in [5, 5.41) is 8.48. The molecule has 0 fully saturated rings. The Labute approximate surface area is 126 Å². The highest BCUT2D eigenvalue weighted by atomic mass is 127. The number of rotatable bonds is 4. The molecule has 18 heavy (non-hydrogen) atoms. The van der Waals surface area contributed by atoms with Gasteiger partial charge in [0.05, 0.1) is 16.8 Å². The molecule has 0 saturated heterocycles. The molecule has 0 bridgehead atoms. The topological polar surface area (TPSA) is 29.9 Å². The lowest BCUT2D eigenvalue weighted by molar-refractivity contribution is 0.572. The second kappa shape index (κ2) is 6.04. The standard InChI is InChI=1S/C13H15ClIN3/c1-3-16-13(12-6-7-17-18(12)2)9-4-5-11(15)10(14)8-9/h4-8,13,16H,3H2,1-2H3. The zero-order chi connectivity index (χ0) is 13.1. The van der Waals surface area contributed by atoms with Gasteiger partial charge >= 0.3 is 0 Å². The summed E-state index contributed by atoms with van der Waals surface area (Å²) in [5.41, 5.74) is 2.29. The first-order valence-electron chi connectivity index (χ1n) is 5.79. The van der Waals surface area contributed by atoms with Crippen molar-refractivity contribution in [3.8, 4) is 0 Å². The van der Waals surface area contributed by atoms with Crippen molar-refractivity contribution in [2.75, 3.05) is 6.54 Å². The highest BCUT2D eigenvalue weighted by Gasteiger charge is 2.16. The van der Waals surface area contributed by atoms with Gasteiger partial charge < -0.3 is 5.32 Å². The summed E-state index contributed by atoms with van der Waals surface area (Å²) < 4.78 is 2.96. The Morgan fingerprint density at radius 1 is 1.44 bits per heavy atom. The van der Waals surface area contributed by atoms with E-state index in [1.54, 1.807) is 0 Å². The van der Waals surface area contributed by atoms with E-state index in [2.05, 4.69) is 46.0 Å². The van der Waals surface area contributed by atoms with Crippen molar-refractivity contribution >= 4 is 34.2 Å². The molecule has 0 amide bonds. The fraction of sp³-hybridized carbons (Fsp3) is 0.308.